The zero-order valence-electron chi connectivity index (χ0n) is 15.9. The molecule has 2 saturated carbocycles. The molecule has 1 unspecified atom stereocenters. The highest BCUT2D eigenvalue weighted by molar-refractivity contribution is 14.0. The summed E-state index contributed by atoms with van der Waals surface area (Å²) in [7, 11) is 1.87. The van der Waals surface area contributed by atoms with Crippen LogP contribution in [0.4, 0.5) is 0 Å². The lowest BCUT2D eigenvalue weighted by atomic mass is 9.98. The van der Waals surface area contributed by atoms with Crippen LogP contribution in [0.15, 0.2) is 4.99 Å². The highest BCUT2D eigenvalue weighted by Crippen LogP contribution is 2.48. The van der Waals surface area contributed by atoms with Crippen LogP contribution in [-0.4, -0.2) is 74.1 Å². The molecule has 0 spiro atoms. The monoisotopic (exact) mass is 476 g/mol. The van der Waals surface area contributed by atoms with E-state index in [4.69, 9.17) is 4.74 Å². The average molecular weight is 476 g/mol. The number of nitrogens with zero attached hydrogens (tertiary/aromatic N) is 3. The third-order valence-corrected chi connectivity index (χ3v) is 6.26. The Bertz CT molecular complexity index is 496. The molecule has 1 atom stereocenters. The van der Waals surface area contributed by atoms with E-state index in [2.05, 4.69) is 15.2 Å². The molecular formula is C19H33IN4O2. The number of carbonyl (C=O) groups is 1. The SMILES string of the molecule is CN=C(NCC(C1CC1)C1CC1)N1CCN(C(=O)C2CCCO2)CC1.I. The van der Waals surface area contributed by atoms with Gasteiger partial charge in [0.1, 0.15) is 6.10 Å². The molecule has 7 heteroatoms. The maximum absolute atomic E-state index is 12.5. The second-order valence-corrected chi connectivity index (χ2v) is 8.08. The summed E-state index contributed by atoms with van der Waals surface area (Å²) < 4.78 is 5.54. The summed E-state index contributed by atoms with van der Waals surface area (Å²) >= 11 is 0. The molecular weight excluding hydrogens is 443 g/mol. The van der Waals surface area contributed by atoms with Crippen LogP contribution < -0.4 is 5.32 Å². The first kappa shape index (κ1) is 20.2. The van der Waals surface area contributed by atoms with Crippen LogP contribution in [-0.2, 0) is 9.53 Å². The van der Waals surface area contributed by atoms with Crippen molar-refractivity contribution in [1.82, 2.24) is 15.1 Å². The number of rotatable bonds is 5. The molecule has 2 heterocycles. The molecule has 0 aromatic rings. The van der Waals surface area contributed by atoms with Crippen LogP contribution >= 0.6 is 24.0 Å². The molecule has 4 rings (SSSR count). The summed E-state index contributed by atoms with van der Waals surface area (Å²) in [5.41, 5.74) is 0. The van der Waals surface area contributed by atoms with Crippen molar-refractivity contribution in [2.75, 3.05) is 46.4 Å². The zero-order chi connectivity index (χ0) is 17.2. The third kappa shape index (κ3) is 4.82. The Morgan fingerprint density at radius 3 is 2.19 bits per heavy atom. The van der Waals surface area contributed by atoms with E-state index >= 15 is 0 Å². The summed E-state index contributed by atoms with van der Waals surface area (Å²) in [4.78, 5) is 21.2. The summed E-state index contributed by atoms with van der Waals surface area (Å²) in [6, 6.07) is 0. The Labute approximate surface area is 174 Å². The van der Waals surface area contributed by atoms with Crippen molar-refractivity contribution in [2.24, 2.45) is 22.7 Å². The van der Waals surface area contributed by atoms with Crippen molar-refractivity contribution in [3.63, 3.8) is 0 Å². The predicted octanol–water partition coefficient (Wildman–Crippen LogP) is 1.94. The number of halogens is 1. The van der Waals surface area contributed by atoms with Gasteiger partial charge in [-0.3, -0.25) is 9.79 Å². The second kappa shape index (κ2) is 9.08. The number of guanidine groups is 1. The molecule has 148 valence electrons. The molecule has 4 fully saturated rings. The van der Waals surface area contributed by atoms with Crippen LogP contribution in [0, 0.1) is 17.8 Å². The predicted molar refractivity (Wildman–Crippen MR) is 113 cm³/mol. The minimum Gasteiger partial charge on any atom is -0.368 e. The van der Waals surface area contributed by atoms with Gasteiger partial charge in [0, 0.05) is 46.4 Å². The van der Waals surface area contributed by atoms with Crippen molar-refractivity contribution in [1.29, 1.82) is 0 Å². The summed E-state index contributed by atoms with van der Waals surface area (Å²) in [5.74, 6) is 3.95. The Morgan fingerprint density at radius 2 is 1.69 bits per heavy atom. The fraction of sp³-hybridized carbons (Fsp3) is 0.895. The van der Waals surface area contributed by atoms with Gasteiger partial charge in [-0.15, -0.1) is 24.0 Å². The molecule has 0 radical (unpaired) electrons. The molecule has 6 nitrogen and oxygen atoms in total. The molecule has 1 amide bonds. The van der Waals surface area contributed by atoms with Gasteiger partial charge in [-0.05, 0) is 56.3 Å². The van der Waals surface area contributed by atoms with Gasteiger partial charge in [-0.25, -0.2) is 0 Å². The molecule has 0 bridgehead atoms. The van der Waals surface area contributed by atoms with Gasteiger partial charge >= 0.3 is 0 Å². The van der Waals surface area contributed by atoms with Crippen LogP contribution in [0.3, 0.4) is 0 Å². The molecule has 1 N–H and O–H groups in total. The molecule has 0 aromatic carbocycles. The maximum atomic E-state index is 12.5. The van der Waals surface area contributed by atoms with Gasteiger partial charge in [0.2, 0.25) is 0 Å². The van der Waals surface area contributed by atoms with E-state index in [1.807, 2.05) is 11.9 Å². The molecule has 0 aromatic heterocycles. The molecule has 2 aliphatic carbocycles. The number of carbonyl (C=O) groups excluding carboxylic acids is 1. The smallest absolute Gasteiger partial charge is 0.251 e. The Kier molecular flexibility index (Phi) is 7.05. The summed E-state index contributed by atoms with van der Waals surface area (Å²) in [5, 5.41) is 3.63. The fourth-order valence-electron chi connectivity index (χ4n) is 4.42. The normalized spacial score (nSPS) is 26.8. The third-order valence-electron chi connectivity index (χ3n) is 6.26. The number of nitrogens with one attached hydrogen (secondary N) is 1. The number of amides is 1. The Hall–Kier alpha value is -0.570. The van der Waals surface area contributed by atoms with E-state index in [1.54, 1.807) is 0 Å². The van der Waals surface area contributed by atoms with Gasteiger partial charge in [-0.2, -0.15) is 0 Å². The first-order chi connectivity index (χ1) is 12.3. The Morgan fingerprint density at radius 1 is 1.08 bits per heavy atom. The molecule has 4 aliphatic rings. The fourth-order valence-corrected chi connectivity index (χ4v) is 4.42. The van der Waals surface area contributed by atoms with Gasteiger partial charge in [0.15, 0.2) is 5.96 Å². The number of hydrogen-bond acceptors (Lipinski definition) is 3. The van der Waals surface area contributed by atoms with Crippen molar-refractivity contribution >= 4 is 35.8 Å². The van der Waals surface area contributed by atoms with Gasteiger partial charge in [0.05, 0.1) is 0 Å². The number of ether oxygens (including phenoxy) is 1. The number of hydrogen-bond donors (Lipinski definition) is 1. The van der Waals surface area contributed by atoms with Crippen molar-refractivity contribution in [3.8, 4) is 0 Å². The molecule has 2 aliphatic heterocycles. The lowest BCUT2D eigenvalue weighted by Gasteiger charge is -2.37. The summed E-state index contributed by atoms with van der Waals surface area (Å²) in [6.07, 6.45) is 7.39. The van der Waals surface area contributed by atoms with Crippen LogP contribution in [0.5, 0.6) is 0 Å². The van der Waals surface area contributed by atoms with Crippen molar-refractivity contribution in [2.45, 2.75) is 44.6 Å². The zero-order valence-corrected chi connectivity index (χ0v) is 18.2. The average Bonchev–Trinajstić information content (AvgIpc) is 3.59. The van der Waals surface area contributed by atoms with Crippen molar-refractivity contribution < 1.29 is 9.53 Å². The van der Waals surface area contributed by atoms with E-state index in [1.165, 1.54) is 25.7 Å². The second-order valence-electron chi connectivity index (χ2n) is 8.08. The van der Waals surface area contributed by atoms with Crippen molar-refractivity contribution in [3.05, 3.63) is 0 Å². The lowest BCUT2D eigenvalue weighted by molar-refractivity contribution is -0.142. The largest absolute Gasteiger partial charge is 0.368 e. The number of piperazine rings is 1. The van der Waals surface area contributed by atoms with Crippen LogP contribution in [0.25, 0.3) is 0 Å². The molecule has 2 saturated heterocycles. The number of aliphatic imine (C=N–C) groups is 1. The minimum absolute atomic E-state index is 0. The topological polar surface area (TPSA) is 57.2 Å². The van der Waals surface area contributed by atoms with Gasteiger partial charge in [0.25, 0.3) is 5.91 Å². The maximum Gasteiger partial charge on any atom is 0.251 e. The van der Waals surface area contributed by atoms with E-state index in [-0.39, 0.29) is 36.0 Å². The standard InChI is InChI=1S/C19H32N4O2.HI/c1-20-19(21-13-16(14-4-5-14)15-6-7-15)23-10-8-22(9-11-23)18(24)17-3-2-12-25-17;/h14-17H,2-13H2,1H3,(H,20,21);1H. The quantitative estimate of drug-likeness (QED) is 0.375. The van der Waals surface area contributed by atoms with Gasteiger partial charge in [-0.1, -0.05) is 0 Å². The van der Waals surface area contributed by atoms with E-state index < -0.39 is 0 Å². The van der Waals surface area contributed by atoms with Crippen LogP contribution in [0.1, 0.15) is 38.5 Å². The van der Waals surface area contributed by atoms with E-state index in [9.17, 15) is 4.79 Å². The minimum atomic E-state index is -0.193. The first-order valence-electron chi connectivity index (χ1n) is 10.1. The molecule has 26 heavy (non-hydrogen) atoms. The van der Waals surface area contributed by atoms with Crippen LogP contribution in [0.2, 0.25) is 0 Å². The highest BCUT2D eigenvalue weighted by Gasteiger charge is 2.41. The lowest BCUT2D eigenvalue weighted by Crippen LogP contribution is -2.55. The summed E-state index contributed by atoms with van der Waals surface area (Å²) in [6.45, 7) is 5.06. The van der Waals surface area contributed by atoms with E-state index in [0.29, 0.717) is 0 Å². The Balaban J connectivity index is 0.00000196. The van der Waals surface area contributed by atoms with Gasteiger partial charge < -0.3 is 19.9 Å². The highest BCUT2D eigenvalue weighted by atomic mass is 127. The first-order valence-corrected chi connectivity index (χ1v) is 10.1. The van der Waals surface area contributed by atoms with E-state index in [0.717, 1.165) is 75.9 Å².